The summed E-state index contributed by atoms with van der Waals surface area (Å²) in [5, 5.41) is 8.61. The van der Waals surface area contributed by atoms with Crippen molar-refractivity contribution < 1.29 is 19.1 Å². The molecule has 0 amide bonds. The van der Waals surface area contributed by atoms with E-state index in [1.54, 1.807) is 6.26 Å². The minimum Gasteiger partial charge on any atom is -0.480 e. The van der Waals surface area contributed by atoms with E-state index in [4.69, 9.17) is 14.3 Å². The molecule has 0 saturated heterocycles. The number of ether oxygens (including phenoxy) is 1. The lowest BCUT2D eigenvalue weighted by Crippen LogP contribution is -2.28. The normalized spacial score (nSPS) is 25.5. The van der Waals surface area contributed by atoms with Gasteiger partial charge in [0.1, 0.15) is 12.4 Å². The molecule has 16 heavy (non-hydrogen) atoms. The smallest absolute Gasteiger partial charge is 0.329 e. The first kappa shape index (κ1) is 11.2. The first-order chi connectivity index (χ1) is 7.77. The van der Waals surface area contributed by atoms with Crippen molar-refractivity contribution in [3.05, 3.63) is 24.2 Å². The van der Waals surface area contributed by atoms with Crippen LogP contribution in [-0.4, -0.2) is 23.8 Å². The van der Waals surface area contributed by atoms with Crippen molar-refractivity contribution in [2.75, 3.05) is 6.61 Å². The second-order valence-corrected chi connectivity index (χ2v) is 4.15. The van der Waals surface area contributed by atoms with Gasteiger partial charge >= 0.3 is 5.97 Å². The fourth-order valence-electron chi connectivity index (χ4n) is 2.30. The van der Waals surface area contributed by atoms with Crippen molar-refractivity contribution in [3.63, 3.8) is 0 Å². The molecule has 1 saturated carbocycles. The highest BCUT2D eigenvalue weighted by molar-refractivity contribution is 5.68. The lowest BCUT2D eigenvalue weighted by atomic mass is 9.85. The van der Waals surface area contributed by atoms with E-state index in [1.165, 1.54) is 0 Å². The highest BCUT2D eigenvalue weighted by atomic mass is 16.5. The number of aliphatic carboxylic acids is 1. The number of furan rings is 1. The van der Waals surface area contributed by atoms with Gasteiger partial charge in [0.2, 0.25) is 0 Å². The van der Waals surface area contributed by atoms with Gasteiger partial charge in [-0.15, -0.1) is 0 Å². The fraction of sp³-hybridized carbons (Fsp3) is 0.583. The average Bonchev–Trinajstić information content (AvgIpc) is 2.80. The Morgan fingerprint density at radius 2 is 2.31 bits per heavy atom. The first-order valence-corrected chi connectivity index (χ1v) is 5.64. The molecule has 1 aromatic heterocycles. The number of hydrogen-bond donors (Lipinski definition) is 1. The maximum Gasteiger partial charge on any atom is 0.329 e. The van der Waals surface area contributed by atoms with Crippen LogP contribution in [-0.2, 0) is 9.53 Å². The Labute approximate surface area is 94.2 Å². The standard InChI is InChI=1S/C12H16O4/c13-12(14)8-16-11-5-2-1-4-9(11)10-6-3-7-15-10/h3,6-7,9,11H,1-2,4-5,8H2,(H,13,14)/t9-,11+/m0/s1. The van der Waals surface area contributed by atoms with Gasteiger partial charge in [0.05, 0.1) is 12.4 Å². The van der Waals surface area contributed by atoms with Crippen LogP contribution in [0.5, 0.6) is 0 Å². The topological polar surface area (TPSA) is 59.7 Å². The van der Waals surface area contributed by atoms with Crippen LogP contribution in [0, 0.1) is 0 Å². The Kier molecular flexibility index (Phi) is 3.62. The zero-order chi connectivity index (χ0) is 11.4. The quantitative estimate of drug-likeness (QED) is 0.853. The third kappa shape index (κ3) is 2.64. The van der Waals surface area contributed by atoms with Crippen LogP contribution in [0.25, 0.3) is 0 Å². The summed E-state index contributed by atoms with van der Waals surface area (Å²) in [4.78, 5) is 10.5. The molecule has 2 atom stereocenters. The van der Waals surface area contributed by atoms with Crippen molar-refractivity contribution in [3.8, 4) is 0 Å². The van der Waals surface area contributed by atoms with Crippen LogP contribution in [0.15, 0.2) is 22.8 Å². The number of carboxylic acid groups (broad SMARTS) is 1. The lowest BCUT2D eigenvalue weighted by Gasteiger charge is -2.29. The van der Waals surface area contributed by atoms with Gasteiger partial charge in [0.15, 0.2) is 0 Å². The Morgan fingerprint density at radius 1 is 1.50 bits per heavy atom. The van der Waals surface area contributed by atoms with Crippen LogP contribution >= 0.6 is 0 Å². The zero-order valence-electron chi connectivity index (χ0n) is 9.09. The van der Waals surface area contributed by atoms with Gasteiger partial charge in [0, 0.05) is 5.92 Å². The molecule has 1 fully saturated rings. The molecular formula is C12H16O4. The monoisotopic (exact) mass is 224 g/mol. The second-order valence-electron chi connectivity index (χ2n) is 4.15. The third-order valence-electron chi connectivity index (χ3n) is 3.03. The molecule has 0 radical (unpaired) electrons. The van der Waals surface area contributed by atoms with Gasteiger partial charge in [-0.1, -0.05) is 12.8 Å². The minimum atomic E-state index is -0.913. The Bertz CT molecular complexity index is 331. The van der Waals surface area contributed by atoms with Crippen LogP contribution in [0.1, 0.15) is 37.4 Å². The summed E-state index contributed by atoms with van der Waals surface area (Å²) in [5.41, 5.74) is 0. The molecule has 1 N–H and O–H groups in total. The van der Waals surface area contributed by atoms with E-state index in [1.807, 2.05) is 12.1 Å². The first-order valence-electron chi connectivity index (χ1n) is 5.64. The van der Waals surface area contributed by atoms with Crippen LogP contribution < -0.4 is 0 Å². The summed E-state index contributed by atoms with van der Waals surface area (Å²) >= 11 is 0. The molecule has 2 rings (SSSR count). The number of carbonyl (C=O) groups is 1. The molecule has 0 spiro atoms. The van der Waals surface area contributed by atoms with E-state index in [2.05, 4.69) is 0 Å². The molecule has 4 nitrogen and oxygen atoms in total. The summed E-state index contributed by atoms with van der Waals surface area (Å²) in [6.07, 6.45) is 5.81. The van der Waals surface area contributed by atoms with Crippen molar-refractivity contribution in [2.24, 2.45) is 0 Å². The zero-order valence-corrected chi connectivity index (χ0v) is 9.09. The van der Waals surface area contributed by atoms with Crippen LogP contribution in [0.2, 0.25) is 0 Å². The Morgan fingerprint density at radius 3 is 3.00 bits per heavy atom. The predicted octanol–water partition coefficient (Wildman–Crippen LogP) is 2.41. The summed E-state index contributed by atoms with van der Waals surface area (Å²) < 4.78 is 10.8. The number of carboxylic acids is 1. The molecular weight excluding hydrogens is 208 g/mol. The van der Waals surface area contributed by atoms with E-state index in [0.29, 0.717) is 0 Å². The van der Waals surface area contributed by atoms with E-state index in [9.17, 15) is 4.79 Å². The summed E-state index contributed by atoms with van der Waals surface area (Å²) in [5.74, 6) is 0.210. The summed E-state index contributed by atoms with van der Waals surface area (Å²) in [7, 11) is 0. The van der Waals surface area contributed by atoms with E-state index in [-0.39, 0.29) is 18.6 Å². The SMILES string of the molecule is O=C(O)CO[C@@H]1CCCC[C@H]1c1ccco1. The van der Waals surface area contributed by atoms with E-state index < -0.39 is 5.97 Å². The van der Waals surface area contributed by atoms with Crippen molar-refractivity contribution >= 4 is 5.97 Å². The molecule has 1 aliphatic carbocycles. The number of rotatable bonds is 4. The Balaban J connectivity index is 2.00. The van der Waals surface area contributed by atoms with Crippen molar-refractivity contribution in [1.82, 2.24) is 0 Å². The van der Waals surface area contributed by atoms with E-state index >= 15 is 0 Å². The summed E-state index contributed by atoms with van der Waals surface area (Å²) in [6.45, 7) is -0.220. The molecule has 0 aliphatic heterocycles. The molecule has 0 aromatic carbocycles. The largest absolute Gasteiger partial charge is 0.480 e. The van der Waals surface area contributed by atoms with Crippen LogP contribution in [0.4, 0.5) is 0 Å². The molecule has 0 unspecified atom stereocenters. The molecule has 1 heterocycles. The number of hydrogen-bond acceptors (Lipinski definition) is 3. The summed E-state index contributed by atoms with van der Waals surface area (Å²) in [6, 6.07) is 3.80. The molecule has 0 bridgehead atoms. The minimum absolute atomic E-state index is 0.0176. The van der Waals surface area contributed by atoms with Gasteiger partial charge in [0.25, 0.3) is 0 Å². The molecule has 1 aliphatic rings. The average molecular weight is 224 g/mol. The highest BCUT2D eigenvalue weighted by Crippen LogP contribution is 2.35. The van der Waals surface area contributed by atoms with Gasteiger partial charge in [-0.05, 0) is 25.0 Å². The van der Waals surface area contributed by atoms with Gasteiger partial charge < -0.3 is 14.3 Å². The van der Waals surface area contributed by atoms with Crippen LogP contribution in [0.3, 0.4) is 0 Å². The maximum absolute atomic E-state index is 10.5. The molecule has 4 heteroatoms. The molecule has 1 aromatic rings. The highest BCUT2D eigenvalue weighted by Gasteiger charge is 2.29. The maximum atomic E-state index is 10.5. The predicted molar refractivity (Wildman–Crippen MR) is 57.3 cm³/mol. The second kappa shape index (κ2) is 5.16. The third-order valence-corrected chi connectivity index (χ3v) is 3.03. The van der Waals surface area contributed by atoms with Gasteiger partial charge in [-0.25, -0.2) is 4.79 Å². The fourth-order valence-corrected chi connectivity index (χ4v) is 2.30. The van der Waals surface area contributed by atoms with Crippen molar-refractivity contribution in [1.29, 1.82) is 0 Å². The van der Waals surface area contributed by atoms with Gasteiger partial charge in [-0.3, -0.25) is 0 Å². The molecule has 88 valence electrons. The van der Waals surface area contributed by atoms with E-state index in [0.717, 1.165) is 31.4 Å². The lowest BCUT2D eigenvalue weighted by molar-refractivity contribution is -0.145. The van der Waals surface area contributed by atoms with Crippen molar-refractivity contribution in [2.45, 2.75) is 37.7 Å². The van der Waals surface area contributed by atoms with Gasteiger partial charge in [-0.2, -0.15) is 0 Å². The Hall–Kier alpha value is -1.29.